The van der Waals surface area contributed by atoms with Crippen LogP contribution in [-0.2, 0) is 11.3 Å². The van der Waals surface area contributed by atoms with Gasteiger partial charge in [0.15, 0.2) is 0 Å². The number of carboxylic acids is 1. The lowest BCUT2D eigenvalue weighted by atomic mass is 9.87. The lowest BCUT2D eigenvalue weighted by molar-refractivity contribution is -0.385. The smallest absolute Gasteiger partial charge is 0.306 e. The summed E-state index contributed by atoms with van der Waals surface area (Å²) in [6, 6.07) is 4.67. The molecule has 0 aliphatic carbocycles. The van der Waals surface area contributed by atoms with Crippen molar-refractivity contribution in [3.05, 3.63) is 33.9 Å². The summed E-state index contributed by atoms with van der Waals surface area (Å²) in [5.41, 5.74) is 0.794. The predicted molar refractivity (Wildman–Crippen MR) is 75.2 cm³/mol. The molecule has 0 radical (unpaired) electrons. The van der Waals surface area contributed by atoms with Gasteiger partial charge >= 0.3 is 5.97 Å². The summed E-state index contributed by atoms with van der Waals surface area (Å²) >= 11 is 0. The number of carboxylic acid groups (broad SMARTS) is 1. The Morgan fingerprint density at radius 2 is 2.19 bits per heavy atom. The highest BCUT2D eigenvalue weighted by atomic mass is 16.6. The first-order valence-electron chi connectivity index (χ1n) is 6.68. The first-order valence-corrected chi connectivity index (χ1v) is 6.68. The number of hydrogen-bond acceptors (Lipinski definition) is 5. The molecule has 1 atom stereocenters. The van der Waals surface area contributed by atoms with Crippen molar-refractivity contribution in [2.24, 2.45) is 11.8 Å². The van der Waals surface area contributed by atoms with Crippen molar-refractivity contribution in [2.75, 3.05) is 20.2 Å². The van der Waals surface area contributed by atoms with Crippen LogP contribution in [0.15, 0.2) is 18.2 Å². The quantitative estimate of drug-likeness (QED) is 0.634. The molecule has 7 heteroatoms. The second-order valence-corrected chi connectivity index (χ2v) is 5.38. The lowest BCUT2D eigenvalue weighted by Gasteiger charge is -2.41. The lowest BCUT2D eigenvalue weighted by Crippen LogP contribution is -2.50. The van der Waals surface area contributed by atoms with Crippen LogP contribution < -0.4 is 4.74 Å². The molecule has 0 amide bonds. The summed E-state index contributed by atoms with van der Waals surface area (Å²) in [6.45, 7) is 3.65. The van der Waals surface area contributed by atoms with Crippen molar-refractivity contribution in [3.8, 4) is 5.75 Å². The Morgan fingerprint density at radius 3 is 2.71 bits per heavy atom. The van der Waals surface area contributed by atoms with Crippen molar-refractivity contribution >= 4 is 11.7 Å². The van der Waals surface area contributed by atoms with E-state index in [4.69, 9.17) is 9.84 Å². The minimum atomic E-state index is -0.781. The van der Waals surface area contributed by atoms with E-state index in [1.54, 1.807) is 13.0 Å². The Kier molecular flexibility index (Phi) is 4.42. The molecule has 1 heterocycles. The summed E-state index contributed by atoms with van der Waals surface area (Å²) in [5, 5.41) is 19.8. The van der Waals surface area contributed by atoms with E-state index < -0.39 is 10.9 Å². The van der Waals surface area contributed by atoms with Crippen LogP contribution in [0.2, 0.25) is 0 Å². The maximum atomic E-state index is 10.9. The molecule has 0 aromatic heterocycles. The third-order valence-corrected chi connectivity index (χ3v) is 3.89. The number of likely N-dealkylation sites (tertiary alicyclic amines) is 1. The van der Waals surface area contributed by atoms with Crippen molar-refractivity contribution in [1.82, 2.24) is 4.90 Å². The molecule has 0 spiro atoms. The van der Waals surface area contributed by atoms with E-state index in [0.717, 1.165) is 5.56 Å². The van der Waals surface area contributed by atoms with Gasteiger partial charge in [0, 0.05) is 25.7 Å². The maximum Gasteiger partial charge on any atom is 0.306 e. The van der Waals surface area contributed by atoms with Gasteiger partial charge in [0.25, 0.3) is 5.69 Å². The normalized spacial score (nSPS) is 17.0. The Hall–Kier alpha value is -2.15. The van der Waals surface area contributed by atoms with Crippen LogP contribution in [0.5, 0.6) is 5.75 Å². The zero-order valence-electron chi connectivity index (χ0n) is 12.0. The number of hydrogen-bond donors (Lipinski definition) is 1. The largest absolute Gasteiger partial charge is 0.496 e. The second kappa shape index (κ2) is 6.09. The standard InChI is InChI=1S/C14H18N2O5/c1-9(14(17)18)11-7-15(8-11)6-10-3-12(16(19)20)5-13(4-10)21-2/h3-5,9,11H,6-8H2,1-2H3,(H,17,18). The highest BCUT2D eigenvalue weighted by molar-refractivity contribution is 5.70. The molecule has 2 rings (SSSR count). The topological polar surface area (TPSA) is 92.9 Å². The van der Waals surface area contributed by atoms with Crippen molar-refractivity contribution < 1.29 is 19.6 Å². The molecule has 0 bridgehead atoms. The fourth-order valence-electron chi connectivity index (χ4n) is 2.47. The molecule has 114 valence electrons. The summed E-state index contributed by atoms with van der Waals surface area (Å²) in [5.74, 6) is -0.546. The minimum Gasteiger partial charge on any atom is -0.496 e. The number of non-ortho nitro benzene ring substituents is 1. The predicted octanol–water partition coefficient (Wildman–Crippen LogP) is 1.76. The number of rotatable bonds is 6. The van der Waals surface area contributed by atoms with Gasteiger partial charge in [-0.05, 0) is 17.5 Å². The zero-order chi connectivity index (χ0) is 15.6. The highest BCUT2D eigenvalue weighted by Crippen LogP contribution is 2.28. The Bertz CT molecular complexity index is 554. The Balaban J connectivity index is 2.00. The van der Waals surface area contributed by atoms with E-state index in [1.807, 2.05) is 0 Å². The number of nitro groups is 1. The van der Waals surface area contributed by atoms with Crippen molar-refractivity contribution in [3.63, 3.8) is 0 Å². The third-order valence-electron chi connectivity index (χ3n) is 3.89. The average molecular weight is 294 g/mol. The number of ether oxygens (including phenoxy) is 1. The fraction of sp³-hybridized carbons (Fsp3) is 0.500. The van der Waals surface area contributed by atoms with E-state index in [9.17, 15) is 14.9 Å². The number of methoxy groups -OCH3 is 1. The van der Waals surface area contributed by atoms with E-state index >= 15 is 0 Å². The molecule has 7 nitrogen and oxygen atoms in total. The van der Waals surface area contributed by atoms with Gasteiger partial charge in [-0.3, -0.25) is 19.8 Å². The van der Waals surface area contributed by atoms with Gasteiger partial charge in [-0.2, -0.15) is 0 Å². The van der Waals surface area contributed by atoms with Gasteiger partial charge in [-0.15, -0.1) is 0 Å². The summed E-state index contributed by atoms with van der Waals surface area (Å²) in [6.07, 6.45) is 0. The summed E-state index contributed by atoms with van der Waals surface area (Å²) in [4.78, 5) is 23.4. The molecule has 0 saturated carbocycles. The van der Waals surface area contributed by atoms with Crippen LogP contribution in [0.25, 0.3) is 0 Å². The first kappa shape index (κ1) is 15.2. The van der Waals surface area contributed by atoms with Gasteiger partial charge in [0.1, 0.15) is 5.75 Å². The first-order chi connectivity index (χ1) is 9.90. The molecule has 1 unspecified atom stereocenters. The van der Waals surface area contributed by atoms with Gasteiger partial charge < -0.3 is 9.84 Å². The van der Waals surface area contributed by atoms with Crippen LogP contribution in [-0.4, -0.2) is 41.1 Å². The van der Waals surface area contributed by atoms with Gasteiger partial charge in [-0.1, -0.05) is 6.92 Å². The number of benzene rings is 1. The molecule has 1 N–H and O–H groups in total. The fourth-order valence-corrected chi connectivity index (χ4v) is 2.47. The number of nitro benzene ring substituents is 1. The Labute approximate surface area is 122 Å². The Morgan fingerprint density at radius 1 is 1.52 bits per heavy atom. The van der Waals surface area contributed by atoms with E-state index in [0.29, 0.717) is 25.4 Å². The monoisotopic (exact) mass is 294 g/mol. The third kappa shape index (κ3) is 3.49. The molecule has 21 heavy (non-hydrogen) atoms. The number of aliphatic carboxylic acids is 1. The SMILES string of the molecule is COc1cc(CN2CC(C(C)C(=O)O)C2)cc([N+](=O)[O-])c1. The van der Waals surface area contributed by atoms with Crippen LogP contribution in [0.1, 0.15) is 12.5 Å². The minimum absolute atomic E-state index is 0.000303. The number of nitrogens with zero attached hydrogens (tertiary/aromatic N) is 2. The maximum absolute atomic E-state index is 10.9. The molecule has 1 aromatic carbocycles. The van der Waals surface area contributed by atoms with Crippen LogP contribution in [0.4, 0.5) is 5.69 Å². The average Bonchev–Trinajstić information content (AvgIpc) is 2.41. The van der Waals surface area contributed by atoms with Crippen LogP contribution in [0.3, 0.4) is 0 Å². The zero-order valence-corrected chi connectivity index (χ0v) is 12.0. The molecule has 1 aromatic rings. The van der Waals surface area contributed by atoms with Gasteiger partial charge in [0.2, 0.25) is 0 Å². The van der Waals surface area contributed by atoms with Crippen molar-refractivity contribution in [2.45, 2.75) is 13.5 Å². The van der Waals surface area contributed by atoms with E-state index in [2.05, 4.69) is 4.90 Å². The molecule has 1 fully saturated rings. The summed E-state index contributed by atoms with van der Waals surface area (Å²) < 4.78 is 5.07. The molecule has 1 aliphatic heterocycles. The molecule has 1 saturated heterocycles. The summed E-state index contributed by atoms with van der Waals surface area (Å²) in [7, 11) is 1.47. The molecule has 1 aliphatic rings. The van der Waals surface area contributed by atoms with Gasteiger partial charge in [-0.25, -0.2) is 0 Å². The molecular formula is C14H18N2O5. The number of carbonyl (C=O) groups is 1. The van der Waals surface area contributed by atoms with Crippen LogP contribution >= 0.6 is 0 Å². The van der Waals surface area contributed by atoms with E-state index in [-0.39, 0.29) is 17.5 Å². The highest BCUT2D eigenvalue weighted by Gasteiger charge is 2.34. The van der Waals surface area contributed by atoms with Crippen molar-refractivity contribution in [1.29, 1.82) is 0 Å². The van der Waals surface area contributed by atoms with Crippen LogP contribution in [0, 0.1) is 22.0 Å². The second-order valence-electron chi connectivity index (χ2n) is 5.38. The van der Waals surface area contributed by atoms with E-state index in [1.165, 1.54) is 19.2 Å². The van der Waals surface area contributed by atoms with Gasteiger partial charge in [0.05, 0.1) is 24.0 Å². The molecular weight excluding hydrogens is 276 g/mol.